The predicted octanol–water partition coefficient (Wildman–Crippen LogP) is 4.09. The molecule has 178 valence electrons. The van der Waals surface area contributed by atoms with Crippen molar-refractivity contribution in [2.24, 2.45) is 7.05 Å². The van der Waals surface area contributed by atoms with Crippen molar-refractivity contribution in [2.45, 2.75) is 32.0 Å². The van der Waals surface area contributed by atoms with E-state index in [1.54, 1.807) is 36.0 Å². The summed E-state index contributed by atoms with van der Waals surface area (Å²) < 4.78 is 19.5. The van der Waals surface area contributed by atoms with E-state index in [9.17, 15) is 14.4 Å². The number of halogens is 1. The average Bonchev–Trinajstić information content (AvgIpc) is 3.39. The first-order chi connectivity index (χ1) is 16.9. The number of pyridine rings is 2. The summed E-state index contributed by atoms with van der Waals surface area (Å²) in [5.41, 5.74) is 3.31. The maximum absolute atomic E-state index is 13.7. The fourth-order valence-corrected chi connectivity index (χ4v) is 5.71. The molecule has 1 unspecified atom stereocenters. The highest BCUT2D eigenvalue weighted by atomic mass is 32.1. The van der Waals surface area contributed by atoms with Gasteiger partial charge in [-0.3, -0.25) is 9.69 Å². The summed E-state index contributed by atoms with van der Waals surface area (Å²) in [6.07, 6.45) is 1.80. The van der Waals surface area contributed by atoms with Crippen LogP contribution >= 0.6 is 11.5 Å². The Morgan fingerprint density at radius 1 is 1.11 bits per heavy atom. The van der Waals surface area contributed by atoms with Crippen molar-refractivity contribution in [1.29, 1.82) is 5.26 Å². The Balaban J connectivity index is 1.54. The maximum atomic E-state index is 13.7. The predicted molar refractivity (Wildman–Crippen MR) is 135 cm³/mol. The molecule has 3 aromatic heterocycles. The summed E-state index contributed by atoms with van der Waals surface area (Å²) in [5.74, 6) is -0.259. The second-order valence-electron chi connectivity index (χ2n) is 9.02. The first kappa shape index (κ1) is 23.1. The number of benzene rings is 1. The number of aromatic nitrogens is 3. The van der Waals surface area contributed by atoms with Gasteiger partial charge in [-0.2, -0.15) is 5.26 Å². The smallest absolute Gasteiger partial charge is 0.252 e. The van der Waals surface area contributed by atoms with Gasteiger partial charge in [0, 0.05) is 49.4 Å². The lowest BCUT2D eigenvalue weighted by Crippen LogP contribution is -2.57. The molecule has 1 aliphatic heterocycles. The first-order valence-electron chi connectivity index (χ1n) is 11.5. The maximum Gasteiger partial charge on any atom is 0.252 e. The summed E-state index contributed by atoms with van der Waals surface area (Å²) in [7, 11) is 1.72. The van der Waals surface area contributed by atoms with Gasteiger partial charge in [-0.05, 0) is 61.3 Å². The minimum Gasteiger partial charge on any atom is -0.364 e. The molecule has 3 atom stereocenters. The number of nitriles is 1. The molecule has 7 nitrogen and oxygen atoms in total. The van der Waals surface area contributed by atoms with E-state index in [4.69, 9.17) is 0 Å². The number of rotatable bonds is 4. The minimum atomic E-state index is -0.259. The minimum absolute atomic E-state index is 0.0496. The SMILES string of the molecule is C[C@H]1CN(C(c2ccc(F)cc2)c2ccns2)[C@@H](C)CN1c1cc(=O)n(C)c2ccc(C#N)nc12. The van der Waals surface area contributed by atoms with Gasteiger partial charge in [-0.25, -0.2) is 13.7 Å². The highest BCUT2D eigenvalue weighted by Gasteiger charge is 2.36. The fourth-order valence-electron chi connectivity index (χ4n) is 4.97. The zero-order valence-electron chi connectivity index (χ0n) is 19.7. The van der Waals surface area contributed by atoms with Crippen LogP contribution in [0.25, 0.3) is 11.0 Å². The van der Waals surface area contributed by atoms with Gasteiger partial charge in [0.15, 0.2) is 0 Å². The van der Waals surface area contributed by atoms with Crippen LogP contribution in [0.2, 0.25) is 0 Å². The van der Waals surface area contributed by atoms with Crippen LogP contribution in [0.5, 0.6) is 0 Å². The van der Waals surface area contributed by atoms with Gasteiger partial charge in [0.05, 0.1) is 17.2 Å². The zero-order chi connectivity index (χ0) is 24.7. The molecule has 1 fully saturated rings. The number of fused-ring (bicyclic) bond motifs is 1. The average molecular weight is 489 g/mol. The molecule has 1 aromatic carbocycles. The van der Waals surface area contributed by atoms with E-state index >= 15 is 0 Å². The molecule has 0 saturated carbocycles. The van der Waals surface area contributed by atoms with E-state index in [-0.39, 0.29) is 29.5 Å². The van der Waals surface area contributed by atoms with Gasteiger partial charge in [-0.15, -0.1) is 0 Å². The van der Waals surface area contributed by atoms with Gasteiger partial charge in [0.25, 0.3) is 5.56 Å². The van der Waals surface area contributed by atoms with E-state index in [1.807, 2.05) is 18.2 Å². The Kier molecular flexibility index (Phi) is 6.09. The van der Waals surface area contributed by atoms with E-state index in [2.05, 4.69) is 39.1 Å². The van der Waals surface area contributed by atoms with Gasteiger partial charge in [0.1, 0.15) is 23.1 Å². The number of piperazine rings is 1. The van der Waals surface area contributed by atoms with Crippen molar-refractivity contribution in [3.8, 4) is 6.07 Å². The number of hydrogen-bond donors (Lipinski definition) is 0. The molecular weight excluding hydrogens is 463 g/mol. The molecule has 9 heteroatoms. The molecule has 0 aliphatic carbocycles. The zero-order valence-corrected chi connectivity index (χ0v) is 20.5. The van der Waals surface area contributed by atoms with Crippen LogP contribution in [0.1, 0.15) is 36.0 Å². The lowest BCUT2D eigenvalue weighted by molar-refractivity contribution is 0.131. The second-order valence-corrected chi connectivity index (χ2v) is 9.88. The van der Waals surface area contributed by atoms with Crippen molar-refractivity contribution in [3.05, 3.63) is 87.0 Å². The standard InChI is InChI=1S/C26H25FN6OS/c1-16-15-33(26(23-10-11-29-35-23)18-4-6-19(27)7-5-18)17(2)14-32(16)22-12-24(34)31(3)21-9-8-20(13-28)30-25(21)22/h4-12,16-17,26H,14-15H2,1-3H3/t16-,17-,26?/m0/s1. The second kappa shape index (κ2) is 9.21. The van der Waals surface area contributed by atoms with E-state index < -0.39 is 0 Å². The van der Waals surface area contributed by atoms with Crippen LogP contribution in [0.15, 0.2) is 59.5 Å². The van der Waals surface area contributed by atoms with Crippen molar-refractivity contribution in [2.75, 3.05) is 18.0 Å². The Morgan fingerprint density at radius 3 is 2.57 bits per heavy atom. The monoisotopic (exact) mass is 488 g/mol. The van der Waals surface area contributed by atoms with Gasteiger partial charge < -0.3 is 9.47 Å². The summed E-state index contributed by atoms with van der Waals surface area (Å²) in [6.45, 7) is 5.67. The van der Waals surface area contributed by atoms with Crippen molar-refractivity contribution >= 4 is 28.3 Å². The quantitative estimate of drug-likeness (QED) is 0.431. The molecule has 0 radical (unpaired) electrons. The largest absolute Gasteiger partial charge is 0.364 e. The highest BCUT2D eigenvalue weighted by molar-refractivity contribution is 7.05. The van der Waals surface area contributed by atoms with Crippen LogP contribution in [0.3, 0.4) is 0 Å². The number of hydrogen-bond acceptors (Lipinski definition) is 7. The first-order valence-corrected chi connectivity index (χ1v) is 12.2. The Labute approximate surface area is 206 Å². The lowest BCUT2D eigenvalue weighted by Gasteiger charge is -2.48. The fraction of sp³-hybridized carbons (Fsp3) is 0.308. The number of anilines is 1. The summed E-state index contributed by atoms with van der Waals surface area (Å²) >= 11 is 1.45. The molecule has 5 rings (SSSR count). The third kappa shape index (κ3) is 4.20. The van der Waals surface area contributed by atoms with Gasteiger partial charge >= 0.3 is 0 Å². The Morgan fingerprint density at radius 2 is 1.89 bits per heavy atom. The van der Waals surface area contributed by atoms with Crippen LogP contribution < -0.4 is 10.5 Å². The van der Waals surface area contributed by atoms with Crippen LogP contribution in [0, 0.1) is 17.1 Å². The molecule has 35 heavy (non-hydrogen) atoms. The van der Waals surface area contributed by atoms with E-state index in [1.165, 1.54) is 23.7 Å². The van der Waals surface area contributed by atoms with Gasteiger partial charge in [-0.1, -0.05) is 12.1 Å². The van der Waals surface area contributed by atoms with Crippen LogP contribution in [0.4, 0.5) is 10.1 Å². The molecule has 4 aromatic rings. The molecule has 0 spiro atoms. The van der Waals surface area contributed by atoms with Gasteiger partial charge in [0.2, 0.25) is 0 Å². The Bertz CT molecular complexity index is 1460. The number of aryl methyl sites for hydroxylation is 1. The highest BCUT2D eigenvalue weighted by Crippen LogP contribution is 2.37. The van der Waals surface area contributed by atoms with Crippen molar-refractivity contribution < 1.29 is 4.39 Å². The molecule has 0 bridgehead atoms. The molecule has 4 heterocycles. The molecule has 1 saturated heterocycles. The third-order valence-electron chi connectivity index (χ3n) is 6.77. The Hall–Kier alpha value is -3.61. The lowest BCUT2D eigenvalue weighted by atomic mass is 9.98. The summed E-state index contributed by atoms with van der Waals surface area (Å²) in [5, 5.41) is 9.40. The molecule has 1 aliphatic rings. The summed E-state index contributed by atoms with van der Waals surface area (Å²) in [6, 6.07) is 16.0. The molecule has 0 amide bonds. The van der Waals surface area contributed by atoms with Crippen molar-refractivity contribution in [3.63, 3.8) is 0 Å². The van der Waals surface area contributed by atoms with E-state index in [0.29, 0.717) is 23.3 Å². The van der Waals surface area contributed by atoms with Crippen LogP contribution in [-0.2, 0) is 7.05 Å². The van der Waals surface area contributed by atoms with Crippen LogP contribution in [-0.4, -0.2) is 44.0 Å². The van der Waals surface area contributed by atoms with Crippen molar-refractivity contribution in [1.82, 2.24) is 18.8 Å². The molecule has 0 N–H and O–H groups in total. The third-order valence-corrected chi connectivity index (χ3v) is 7.57. The van der Waals surface area contributed by atoms with E-state index in [0.717, 1.165) is 22.7 Å². The normalized spacial score (nSPS) is 19.6. The molecular formula is C26H25FN6OS. The summed E-state index contributed by atoms with van der Waals surface area (Å²) in [4.78, 5) is 23.1. The topological polar surface area (TPSA) is 78.0 Å². The number of nitrogens with zero attached hydrogens (tertiary/aromatic N) is 6.